The van der Waals surface area contributed by atoms with E-state index in [9.17, 15) is 0 Å². The van der Waals surface area contributed by atoms with Crippen LogP contribution in [0.2, 0.25) is 0 Å². The molecule has 0 radical (unpaired) electrons. The molecule has 0 aliphatic heterocycles. The molecular weight excluding hydrogens is 211 g/mol. The maximum Gasteiger partial charge on any atom is -0.0110 e. The third-order valence-electron chi connectivity index (χ3n) is 3.50. The van der Waals surface area contributed by atoms with Crippen LogP contribution in [-0.4, -0.2) is 5.66 Å². The van der Waals surface area contributed by atoms with Gasteiger partial charge in [0.1, 0.15) is 0 Å². The summed E-state index contributed by atoms with van der Waals surface area (Å²) >= 11 is 0. The number of hydrogen-bond donors (Lipinski definition) is 0. The summed E-state index contributed by atoms with van der Waals surface area (Å²) in [7, 11) is 1.01. The fraction of sp³-hybridized carbons (Fsp3) is 0.333. The zero-order valence-electron chi connectivity index (χ0n) is 9.45. The Hall–Kier alpha value is -0.870. The summed E-state index contributed by atoms with van der Waals surface area (Å²) in [6.07, 6.45) is 5.79. The van der Waals surface area contributed by atoms with Gasteiger partial charge in [0.15, 0.2) is 0 Å². The highest BCUT2D eigenvalue weighted by Crippen LogP contribution is 2.34. The predicted octanol–water partition coefficient (Wildman–Crippen LogP) is 4.09. The molecule has 3 rings (SSSR count). The van der Waals surface area contributed by atoms with Gasteiger partial charge in [-0.25, -0.2) is 0 Å². The molecular formula is C15H17P. The molecule has 1 atom stereocenters. The average Bonchev–Trinajstić information content (AvgIpc) is 2.82. The molecule has 1 fully saturated rings. The van der Waals surface area contributed by atoms with E-state index >= 15 is 0 Å². The predicted molar refractivity (Wildman–Crippen MR) is 74.2 cm³/mol. The molecule has 2 aromatic rings. The van der Waals surface area contributed by atoms with Crippen molar-refractivity contribution in [2.75, 3.05) is 0 Å². The molecule has 2 aromatic carbocycles. The molecule has 1 aliphatic rings. The van der Waals surface area contributed by atoms with Crippen molar-refractivity contribution in [3.63, 3.8) is 0 Å². The molecule has 1 unspecified atom stereocenters. The van der Waals surface area contributed by atoms with Crippen LogP contribution in [0.3, 0.4) is 0 Å². The van der Waals surface area contributed by atoms with Crippen LogP contribution in [-0.2, 0) is 0 Å². The van der Waals surface area contributed by atoms with Crippen molar-refractivity contribution in [3.8, 4) is 0 Å². The van der Waals surface area contributed by atoms with E-state index in [-0.39, 0.29) is 0 Å². The lowest BCUT2D eigenvalue weighted by Crippen LogP contribution is -2.03. The first-order chi connectivity index (χ1) is 7.93. The Morgan fingerprint density at radius 3 is 2.50 bits per heavy atom. The van der Waals surface area contributed by atoms with Gasteiger partial charge >= 0.3 is 0 Å². The zero-order valence-corrected chi connectivity index (χ0v) is 10.4. The topological polar surface area (TPSA) is 0 Å². The van der Waals surface area contributed by atoms with Crippen LogP contribution in [0.1, 0.15) is 25.7 Å². The van der Waals surface area contributed by atoms with Crippen LogP contribution in [0.15, 0.2) is 42.5 Å². The number of rotatable bonds is 2. The lowest BCUT2D eigenvalue weighted by molar-refractivity contribution is 0.886. The second-order valence-corrected chi connectivity index (χ2v) is 6.30. The van der Waals surface area contributed by atoms with Gasteiger partial charge in [0.2, 0.25) is 0 Å². The molecule has 1 aliphatic carbocycles. The molecule has 0 nitrogen and oxygen atoms in total. The van der Waals surface area contributed by atoms with Crippen molar-refractivity contribution in [1.82, 2.24) is 0 Å². The second kappa shape index (κ2) is 4.55. The number of fused-ring (bicyclic) bond motifs is 1. The van der Waals surface area contributed by atoms with E-state index in [4.69, 9.17) is 0 Å². The van der Waals surface area contributed by atoms with Crippen LogP contribution < -0.4 is 5.30 Å². The Morgan fingerprint density at radius 2 is 1.62 bits per heavy atom. The maximum atomic E-state index is 2.32. The van der Waals surface area contributed by atoms with E-state index in [0.717, 1.165) is 14.2 Å². The number of hydrogen-bond acceptors (Lipinski definition) is 0. The Labute approximate surface area is 98.8 Å². The van der Waals surface area contributed by atoms with Gasteiger partial charge < -0.3 is 0 Å². The minimum absolute atomic E-state index is 0.964. The van der Waals surface area contributed by atoms with Crippen molar-refractivity contribution in [3.05, 3.63) is 42.5 Å². The van der Waals surface area contributed by atoms with Gasteiger partial charge in [-0.3, -0.25) is 0 Å². The highest BCUT2D eigenvalue weighted by Gasteiger charge is 2.16. The lowest BCUT2D eigenvalue weighted by atomic mass is 10.1. The summed E-state index contributed by atoms with van der Waals surface area (Å²) in [5, 5.41) is 4.44. The summed E-state index contributed by atoms with van der Waals surface area (Å²) < 4.78 is 0. The summed E-state index contributed by atoms with van der Waals surface area (Å²) in [4.78, 5) is 0. The molecule has 0 saturated heterocycles. The molecule has 0 bridgehead atoms. The molecule has 16 heavy (non-hydrogen) atoms. The van der Waals surface area contributed by atoms with Crippen molar-refractivity contribution >= 4 is 24.7 Å². The zero-order chi connectivity index (χ0) is 10.8. The van der Waals surface area contributed by atoms with E-state index in [1.54, 1.807) is 5.30 Å². The lowest BCUT2D eigenvalue weighted by Gasteiger charge is -2.11. The van der Waals surface area contributed by atoms with E-state index in [1.807, 2.05) is 0 Å². The first kappa shape index (κ1) is 10.3. The maximum absolute atomic E-state index is 2.32. The van der Waals surface area contributed by atoms with Crippen LogP contribution in [0.5, 0.6) is 0 Å². The average molecular weight is 228 g/mol. The van der Waals surface area contributed by atoms with Crippen molar-refractivity contribution in [1.29, 1.82) is 0 Å². The first-order valence-electron chi connectivity index (χ1n) is 6.18. The third kappa shape index (κ3) is 1.99. The van der Waals surface area contributed by atoms with Crippen molar-refractivity contribution in [2.24, 2.45) is 0 Å². The normalized spacial score (nSPS) is 17.8. The minimum Gasteiger partial charge on any atom is -0.0865 e. The van der Waals surface area contributed by atoms with E-state index in [0.29, 0.717) is 0 Å². The van der Waals surface area contributed by atoms with Gasteiger partial charge in [-0.05, 0) is 34.6 Å². The Bertz CT molecular complexity index is 478. The SMILES string of the molecule is c1ccc2c(PC3CCCC3)cccc2c1. The minimum atomic E-state index is 0.964. The number of benzene rings is 2. The smallest absolute Gasteiger partial charge is 0.0110 e. The van der Waals surface area contributed by atoms with E-state index < -0.39 is 0 Å². The third-order valence-corrected chi connectivity index (χ3v) is 5.24. The molecule has 82 valence electrons. The molecule has 0 heterocycles. The van der Waals surface area contributed by atoms with Gasteiger partial charge in [-0.15, -0.1) is 0 Å². The summed E-state index contributed by atoms with van der Waals surface area (Å²) in [6, 6.07) is 15.5. The quantitative estimate of drug-likeness (QED) is 0.679. The van der Waals surface area contributed by atoms with Crippen molar-refractivity contribution in [2.45, 2.75) is 31.3 Å². The summed E-state index contributed by atoms with van der Waals surface area (Å²) in [6.45, 7) is 0. The van der Waals surface area contributed by atoms with Crippen LogP contribution in [0, 0.1) is 0 Å². The largest absolute Gasteiger partial charge is 0.0865 e. The molecule has 1 heteroatoms. The monoisotopic (exact) mass is 228 g/mol. The Morgan fingerprint density at radius 1 is 0.875 bits per heavy atom. The highest BCUT2D eigenvalue weighted by atomic mass is 31.1. The fourth-order valence-corrected chi connectivity index (χ4v) is 4.35. The Kier molecular flexibility index (Phi) is 2.93. The summed E-state index contributed by atoms with van der Waals surface area (Å²) in [5.74, 6) is 0. The summed E-state index contributed by atoms with van der Waals surface area (Å²) in [5.41, 5.74) is 0.964. The van der Waals surface area contributed by atoms with Gasteiger partial charge in [-0.2, -0.15) is 0 Å². The van der Waals surface area contributed by atoms with Crippen molar-refractivity contribution < 1.29 is 0 Å². The van der Waals surface area contributed by atoms with Gasteiger partial charge in [-0.1, -0.05) is 63.9 Å². The molecule has 1 saturated carbocycles. The Balaban J connectivity index is 1.96. The highest BCUT2D eigenvalue weighted by molar-refractivity contribution is 7.48. The van der Waals surface area contributed by atoms with Gasteiger partial charge in [0, 0.05) is 0 Å². The molecule has 0 aromatic heterocycles. The molecule has 0 spiro atoms. The van der Waals surface area contributed by atoms with E-state index in [1.165, 1.54) is 36.5 Å². The van der Waals surface area contributed by atoms with E-state index in [2.05, 4.69) is 42.5 Å². The van der Waals surface area contributed by atoms with Gasteiger partial charge in [0.05, 0.1) is 0 Å². The van der Waals surface area contributed by atoms with Crippen LogP contribution in [0.4, 0.5) is 0 Å². The molecule has 0 N–H and O–H groups in total. The van der Waals surface area contributed by atoms with Crippen LogP contribution >= 0.6 is 8.58 Å². The standard InChI is InChI=1S/C15H17P/c1-4-10-14-12(6-1)7-5-11-15(14)16-13-8-2-3-9-13/h1,4-7,10-11,13,16H,2-3,8-9H2. The second-order valence-electron chi connectivity index (χ2n) is 4.65. The van der Waals surface area contributed by atoms with Gasteiger partial charge in [0.25, 0.3) is 0 Å². The fourth-order valence-electron chi connectivity index (χ4n) is 2.64. The van der Waals surface area contributed by atoms with Crippen LogP contribution in [0.25, 0.3) is 10.8 Å². The molecule has 0 amide bonds. The first-order valence-corrected chi connectivity index (χ1v) is 7.25.